The minimum Gasteiger partial charge on any atom is -0.324 e. The first-order valence-electron chi connectivity index (χ1n) is 7.93. The van der Waals surface area contributed by atoms with Crippen molar-refractivity contribution < 1.29 is 0 Å². The molecule has 1 aromatic rings. The van der Waals surface area contributed by atoms with E-state index in [4.69, 9.17) is 5.73 Å². The smallest absolute Gasteiger partial charge is 0.0476 e. The molecule has 1 saturated heterocycles. The first kappa shape index (κ1) is 14.1. The largest absolute Gasteiger partial charge is 0.324 e. The summed E-state index contributed by atoms with van der Waals surface area (Å²) in [5.41, 5.74) is 8.10. The summed E-state index contributed by atoms with van der Waals surface area (Å²) in [6.07, 6.45) is 5.00. The zero-order valence-electron chi connectivity index (χ0n) is 12.6. The van der Waals surface area contributed by atoms with Gasteiger partial charge in [-0.2, -0.15) is 0 Å². The zero-order chi connectivity index (χ0) is 14.0. The Morgan fingerprint density at radius 3 is 2.55 bits per heavy atom. The van der Waals surface area contributed by atoms with E-state index in [1.807, 2.05) is 0 Å². The van der Waals surface area contributed by atoms with Crippen LogP contribution >= 0.6 is 0 Å². The van der Waals surface area contributed by atoms with E-state index in [-0.39, 0.29) is 5.54 Å². The van der Waals surface area contributed by atoms with Crippen LogP contribution in [0.5, 0.6) is 0 Å². The van der Waals surface area contributed by atoms with Gasteiger partial charge in [0.1, 0.15) is 0 Å². The summed E-state index contributed by atoms with van der Waals surface area (Å²) in [6.45, 7) is 4.45. The maximum Gasteiger partial charge on any atom is 0.0476 e. The van der Waals surface area contributed by atoms with Crippen LogP contribution < -0.4 is 5.73 Å². The van der Waals surface area contributed by atoms with Crippen LogP contribution in [0.25, 0.3) is 0 Å². The quantitative estimate of drug-likeness (QED) is 0.917. The van der Waals surface area contributed by atoms with Gasteiger partial charge in [-0.05, 0) is 25.5 Å². The molecule has 2 aliphatic rings. The molecule has 0 bridgehead atoms. The molecule has 1 aromatic carbocycles. The molecule has 0 spiro atoms. The molecule has 0 radical (unpaired) electrons. The van der Waals surface area contributed by atoms with Crippen molar-refractivity contribution in [2.24, 2.45) is 5.73 Å². The average molecular weight is 273 g/mol. The molecule has 1 aliphatic carbocycles. The van der Waals surface area contributed by atoms with E-state index >= 15 is 0 Å². The van der Waals surface area contributed by atoms with E-state index in [0.29, 0.717) is 6.04 Å². The molecule has 1 heterocycles. The van der Waals surface area contributed by atoms with Crippen LogP contribution in [-0.4, -0.2) is 48.6 Å². The Kier molecular flexibility index (Phi) is 4.11. The minimum atomic E-state index is 0.0585. The molecule has 1 saturated carbocycles. The zero-order valence-corrected chi connectivity index (χ0v) is 12.6. The highest BCUT2D eigenvalue weighted by Crippen LogP contribution is 2.32. The second-order valence-corrected chi connectivity index (χ2v) is 6.73. The molecule has 110 valence electrons. The molecule has 1 aliphatic heterocycles. The van der Waals surface area contributed by atoms with Gasteiger partial charge in [0.2, 0.25) is 0 Å². The molecule has 1 unspecified atom stereocenters. The maximum absolute atomic E-state index is 6.61. The molecule has 2 fully saturated rings. The highest BCUT2D eigenvalue weighted by molar-refractivity contribution is 5.20. The molecule has 2 N–H and O–H groups in total. The SMILES string of the molecule is CN1CCN(CC2(N)CCCC2)C(c2ccccc2)C1. The standard InChI is InChI=1S/C17H27N3/c1-19-11-12-20(14-17(18)9-5-6-10-17)16(13-19)15-7-3-2-4-8-15/h2-4,7-8,16H,5-6,9-14,18H2,1H3. The number of nitrogens with two attached hydrogens (primary N) is 1. The Balaban J connectivity index is 1.76. The van der Waals surface area contributed by atoms with Gasteiger partial charge in [0.15, 0.2) is 0 Å². The summed E-state index contributed by atoms with van der Waals surface area (Å²) < 4.78 is 0. The monoisotopic (exact) mass is 273 g/mol. The van der Waals surface area contributed by atoms with Crippen molar-refractivity contribution in [3.63, 3.8) is 0 Å². The van der Waals surface area contributed by atoms with Gasteiger partial charge in [-0.25, -0.2) is 0 Å². The summed E-state index contributed by atoms with van der Waals surface area (Å²) in [6, 6.07) is 11.4. The number of likely N-dealkylation sites (N-methyl/N-ethyl adjacent to an activating group) is 1. The van der Waals surface area contributed by atoms with Crippen molar-refractivity contribution in [3.8, 4) is 0 Å². The Morgan fingerprint density at radius 1 is 1.15 bits per heavy atom. The highest BCUT2D eigenvalue weighted by atomic mass is 15.3. The number of rotatable bonds is 3. The van der Waals surface area contributed by atoms with Crippen LogP contribution in [0.1, 0.15) is 37.3 Å². The molecular weight excluding hydrogens is 246 g/mol. The van der Waals surface area contributed by atoms with Crippen molar-refractivity contribution >= 4 is 0 Å². The maximum atomic E-state index is 6.61. The van der Waals surface area contributed by atoms with Gasteiger partial charge < -0.3 is 10.6 Å². The van der Waals surface area contributed by atoms with E-state index in [1.165, 1.54) is 31.2 Å². The summed E-state index contributed by atoms with van der Waals surface area (Å²) in [5, 5.41) is 0. The second kappa shape index (κ2) is 5.84. The number of benzene rings is 1. The van der Waals surface area contributed by atoms with Crippen molar-refractivity contribution in [1.82, 2.24) is 9.80 Å². The first-order chi connectivity index (χ1) is 9.66. The average Bonchev–Trinajstić information content (AvgIpc) is 2.88. The summed E-state index contributed by atoms with van der Waals surface area (Å²) in [7, 11) is 2.22. The summed E-state index contributed by atoms with van der Waals surface area (Å²) >= 11 is 0. The molecule has 0 amide bonds. The van der Waals surface area contributed by atoms with Gasteiger partial charge in [-0.1, -0.05) is 43.2 Å². The summed E-state index contributed by atoms with van der Waals surface area (Å²) in [5.74, 6) is 0. The normalized spacial score (nSPS) is 27.8. The molecule has 3 nitrogen and oxygen atoms in total. The topological polar surface area (TPSA) is 32.5 Å². The Bertz CT molecular complexity index is 425. The van der Waals surface area contributed by atoms with E-state index in [9.17, 15) is 0 Å². The van der Waals surface area contributed by atoms with Gasteiger partial charge >= 0.3 is 0 Å². The predicted molar refractivity (Wildman–Crippen MR) is 83.6 cm³/mol. The lowest BCUT2D eigenvalue weighted by Gasteiger charge is -2.43. The fraction of sp³-hybridized carbons (Fsp3) is 0.647. The lowest BCUT2D eigenvalue weighted by molar-refractivity contribution is 0.0690. The van der Waals surface area contributed by atoms with Crippen molar-refractivity contribution in [2.75, 3.05) is 33.2 Å². The van der Waals surface area contributed by atoms with Crippen molar-refractivity contribution in [1.29, 1.82) is 0 Å². The lowest BCUT2D eigenvalue weighted by Crippen LogP contribution is -2.54. The third-order valence-corrected chi connectivity index (χ3v) is 5.00. The molecule has 20 heavy (non-hydrogen) atoms. The lowest BCUT2D eigenvalue weighted by atomic mass is 9.95. The number of piperazine rings is 1. The van der Waals surface area contributed by atoms with Crippen LogP contribution in [0.4, 0.5) is 0 Å². The minimum absolute atomic E-state index is 0.0585. The van der Waals surface area contributed by atoms with E-state index in [1.54, 1.807) is 0 Å². The van der Waals surface area contributed by atoms with E-state index < -0.39 is 0 Å². The third-order valence-electron chi connectivity index (χ3n) is 5.00. The van der Waals surface area contributed by atoms with Crippen LogP contribution in [0.15, 0.2) is 30.3 Å². The molecular formula is C17H27N3. The molecule has 1 atom stereocenters. The van der Waals surface area contributed by atoms with Crippen LogP contribution in [0.3, 0.4) is 0 Å². The first-order valence-corrected chi connectivity index (χ1v) is 7.93. The fourth-order valence-electron chi connectivity index (χ4n) is 3.78. The van der Waals surface area contributed by atoms with Gasteiger partial charge in [0.25, 0.3) is 0 Å². The van der Waals surface area contributed by atoms with E-state index in [2.05, 4.69) is 47.2 Å². The van der Waals surface area contributed by atoms with Crippen LogP contribution in [0.2, 0.25) is 0 Å². The number of hydrogen-bond donors (Lipinski definition) is 1. The fourth-order valence-corrected chi connectivity index (χ4v) is 3.78. The highest BCUT2D eigenvalue weighted by Gasteiger charge is 2.35. The molecule has 3 heteroatoms. The Labute approximate surface area is 122 Å². The van der Waals surface area contributed by atoms with Crippen molar-refractivity contribution in [2.45, 2.75) is 37.3 Å². The molecule has 0 aromatic heterocycles. The number of hydrogen-bond acceptors (Lipinski definition) is 3. The second-order valence-electron chi connectivity index (χ2n) is 6.73. The van der Waals surface area contributed by atoms with E-state index in [0.717, 1.165) is 26.2 Å². The van der Waals surface area contributed by atoms with Crippen molar-refractivity contribution in [3.05, 3.63) is 35.9 Å². The van der Waals surface area contributed by atoms with Crippen LogP contribution in [-0.2, 0) is 0 Å². The van der Waals surface area contributed by atoms with Gasteiger partial charge in [-0.15, -0.1) is 0 Å². The number of nitrogens with zero attached hydrogens (tertiary/aromatic N) is 2. The van der Waals surface area contributed by atoms with Gasteiger partial charge in [0, 0.05) is 37.8 Å². The Morgan fingerprint density at radius 2 is 1.85 bits per heavy atom. The molecule has 3 rings (SSSR count). The van der Waals surface area contributed by atoms with Crippen LogP contribution in [0, 0.1) is 0 Å². The third kappa shape index (κ3) is 3.05. The van der Waals surface area contributed by atoms with Gasteiger partial charge in [-0.3, -0.25) is 4.90 Å². The Hall–Kier alpha value is -0.900. The van der Waals surface area contributed by atoms with Gasteiger partial charge in [0.05, 0.1) is 0 Å². The predicted octanol–water partition coefficient (Wildman–Crippen LogP) is 2.25. The summed E-state index contributed by atoms with van der Waals surface area (Å²) in [4.78, 5) is 5.06.